The number of rotatable bonds is 4. The summed E-state index contributed by atoms with van der Waals surface area (Å²) < 4.78 is 0.966. The van der Waals surface area contributed by atoms with Crippen molar-refractivity contribution < 1.29 is 4.79 Å². The second-order valence-corrected chi connectivity index (χ2v) is 7.57. The van der Waals surface area contributed by atoms with Crippen LogP contribution in [-0.4, -0.2) is 42.1 Å². The first-order valence-corrected chi connectivity index (χ1v) is 9.35. The quantitative estimate of drug-likeness (QED) is 0.748. The molecule has 2 aromatic rings. The second-order valence-electron chi connectivity index (χ2n) is 6.72. The normalized spacial score (nSPS) is 21.2. The average Bonchev–Trinajstić information content (AvgIpc) is 3.38. The van der Waals surface area contributed by atoms with Crippen LogP contribution >= 0.6 is 15.9 Å². The van der Waals surface area contributed by atoms with Crippen molar-refractivity contribution >= 4 is 44.2 Å². The van der Waals surface area contributed by atoms with Crippen LogP contribution in [0.5, 0.6) is 0 Å². The number of halogens is 1. The number of H-pyrrole nitrogens is 1. The maximum Gasteiger partial charge on any atom is 0.227 e. The van der Waals surface area contributed by atoms with E-state index >= 15 is 0 Å². The highest BCUT2D eigenvalue weighted by molar-refractivity contribution is 9.10. The zero-order chi connectivity index (χ0) is 16.7. The summed E-state index contributed by atoms with van der Waals surface area (Å²) in [6.07, 6.45) is 8.03. The van der Waals surface area contributed by atoms with Crippen LogP contribution < -0.4 is 15.5 Å². The number of likely N-dealkylation sites (N-methyl/N-ethyl adjacent to an activating group) is 1. The standard InChI is InChI=1S/C17H22BrN5O/c1-19-11-3-2-6-23(9-11)15-12(18)7-20-16-14(15)13(8-21-16)22-17(24)10-4-5-10/h7-8,10-11,19H,2-6,9H2,1H3,(H,20,21)(H,22,24)/t11-/m1/s1. The van der Waals surface area contributed by atoms with Gasteiger partial charge in [0.25, 0.3) is 0 Å². The van der Waals surface area contributed by atoms with E-state index < -0.39 is 0 Å². The Bertz CT molecular complexity index is 770. The predicted octanol–water partition coefficient (Wildman–Crippen LogP) is 2.86. The van der Waals surface area contributed by atoms with Gasteiger partial charge in [0.15, 0.2) is 0 Å². The Labute approximate surface area is 149 Å². The molecule has 1 aliphatic carbocycles. The van der Waals surface area contributed by atoms with Crippen molar-refractivity contribution in [2.75, 3.05) is 30.4 Å². The summed E-state index contributed by atoms with van der Waals surface area (Å²) in [4.78, 5) is 22.3. The molecule has 7 heteroatoms. The molecule has 2 aromatic heterocycles. The van der Waals surface area contributed by atoms with Gasteiger partial charge in [0.05, 0.1) is 21.2 Å². The van der Waals surface area contributed by atoms with Crippen LogP contribution in [0, 0.1) is 5.92 Å². The van der Waals surface area contributed by atoms with Crippen LogP contribution in [0.25, 0.3) is 11.0 Å². The number of nitrogens with zero attached hydrogens (tertiary/aromatic N) is 2. The van der Waals surface area contributed by atoms with E-state index in [-0.39, 0.29) is 11.8 Å². The summed E-state index contributed by atoms with van der Waals surface area (Å²) in [5, 5.41) is 7.47. The highest BCUT2D eigenvalue weighted by Crippen LogP contribution is 2.39. The van der Waals surface area contributed by atoms with Crippen molar-refractivity contribution in [2.24, 2.45) is 5.92 Å². The van der Waals surface area contributed by atoms with E-state index in [1.54, 1.807) is 0 Å². The van der Waals surface area contributed by atoms with E-state index in [1.165, 1.54) is 6.42 Å². The maximum absolute atomic E-state index is 12.2. The highest BCUT2D eigenvalue weighted by Gasteiger charge is 2.31. The van der Waals surface area contributed by atoms with Crippen molar-refractivity contribution in [3.8, 4) is 0 Å². The van der Waals surface area contributed by atoms with Gasteiger partial charge in [0.1, 0.15) is 5.65 Å². The molecule has 0 spiro atoms. The average molecular weight is 392 g/mol. The lowest BCUT2D eigenvalue weighted by atomic mass is 10.0. The molecule has 3 heterocycles. The van der Waals surface area contributed by atoms with E-state index in [4.69, 9.17) is 0 Å². The van der Waals surface area contributed by atoms with Gasteiger partial charge in [0, 0.05) is 37.4 Å². The highest BCUT2D eigenvalue weighted by atomic mass is 79.9. The molecule has 128 valence electrons. The predicted molar refractivity (Wildman–Crippen MR) is 99.4 cm³/mol. The Morgan fingerprint density at radius 3 is 3.00 bits per heavy atom. The monoisotopic (exact) mass is 391 g/mol. The van der Waals surface area contributed by atoms with Crippen LogP contribution in [0.3, 0.4) is 0 Å². The lowest BCUT2D eigenvalue weighted by Crippen LogP contribution is -2.44. The molecule has 3 N–H and O–H groups in total. The molecule has 1 aliphatic heterocycles. The van der Waals surface area contributed by atoms with Crippen molar-refractivity contribution in [1.82, 2.24) is 15.3 Å². The summed E-state index contributed by atoms with van der Waals surface area (Å²) in [6, 6.07) is 0.484. The van der Waals surface area contributed by atoms with Gasteiger partial charge in [-0.05, 0) is 48.7 Å². The number of fused-ring (bicyclic) bond motifs is 1. The Hall–Kier alpha value is -1.60. The van der Waals surface area contributed by atoms with Crippen LogP contribution in [0.1, 0.15) is 25.7 Å². The molecular weight excluding hydrogens is 370 g/mol. The molecule has 1 saturated heterocycles. The first-order valence-electron chi connectivity index (χ1n) is 8.56. The number of aromatic amines is 1. The van der Waals surface area contributed by atoms with Gasteiger partial charge >= 0.3 is 0 Å². The second kappa shape index (κ2) is 6.37. The van der Waals surface area contributed by atoms with Crippen LogP contribution in [0.15, 0.2) is 16.9 Å². The van der Waals surface area contributed by atoms with Crippen LogP contribution in [0.2, 0.25) is 0 Å². The minimum absolute atomic E-state index is 0.119. The third-order valence-corrected chi connectivity index (χ3v) is 5.56. The van der Waals surface area contributed by atoms with Crippen molar-refractivity contribution in [3.05, 3.63) is 16.9 Å². The topological polar surface area (TPSA) is 73.1 Å². The van der Waals surface area contributed by atoms with E-state index in [1.807, 2.05) is 19.4 Å². The molecule has 4 rings (SSSR count). The number of hydrogen-bond donors (Lipinski definition) is 3. The number of carbonyl (C=O) groups is 1. The third kappa shape index (κ3) is 2.91. The van der Waals surface area contributed by atoms with Crippen molar-refractivity contribution in [3.63, 3.8) is 0 Å². The van der Waals surface area contributed by atoms with Gasteiger partial charge in [-0.25, -0.2) is 4.98 Å². The minimum Gasteiger partial charge on any atom is -0.368 e. The fraction of sp³-hybridized carbons (Fsp3) is 0.529. The summed E-state index contributed by atoms with van der Waals surface area (Å²) in [5.74, 6) is 0.302. The molecule has 2 fully saturated rings. The SMILES string of the molecule is CN[C@@H]1CCCN(c2c(Br)cnc3[nH]cc(NC(=O)C4CC4)c23)C1. The summed E-state index contributed by atoms with van der Waals surface area (Å²) in [5.41, 5.74) is 2.76. The van der Waals surface area contributed by atoms with E-state index in [2.05, 4.69) is 41.4 Å². The number of piperidine rings is 1. The summed E-state index contributed by atoms with van der Waals surface area (Å²) in [7, 11) is 2.02. The van der Waals surface area contributed by atoms with Crippen molar-refractivity contribution in [1.29, 1.82) is 0 Å². The number of carbonyl (C=O) groups excluding carboxylic acids is 1. The number of anilines is 2. The molecule has 2 aliphatic rings. The van der Waals surface area contributed by atoms with E-state index in [9.17, 15) is 4.79 Å². The molecule has 0 aromatic carbocycles. The molecule has 0 radical (unpaired) electrons. The van der Waals surface area contributed by atoms with Gasteiger partial charge in [0.2, 0.25) is 5.91 Å². The van der Waals surface area contributed by atoms with Crippen molar-refractivity contribution in [2.45, 2.75) is 31.7 Å². The summed E-state index contributed by atoms with van der Waals surface area (Å²) >= 11 is 3.67. The first-order chi connectivity index (χ1) is 11.7. The molecular formula is C17H22BrN5O. The maximum atomic E-state index is 12.2. The zero-order valence-corrected chi connectivity index (χ0v) is 15.3. The number of aromatic nitrogens is 2. The Morgan fingerprint density at radius 2 is 2.25 bits per heavy atom. The molecule has 1 amide bonds. The van der Waals surface area contributed by atoms with E-state index in [0.29, 0.717) is 6.04 Å². The molecule has 6 nitrogen and oxygen atoms in total. The fourth-order valence-corrected chi connectivity index (χ4v) is 4.01. The number of nitrogens with one attached hydrogen (secondary N) is 3. The minimum atomic E-state index is 0.119. The Morgan fingerprint density at radius 1 is 1.42 bits per heavy atom. The zero-order valence-electron chi connectivity index (χ0n) is 13.7. The fourth-order valence-electron chi connectivity index (χ4n) is 3.46. The molecule has 24 heavy (non-hydrogen) atoms. The Balaban J connectivity index is 1.73. The van der Waals surface area contributed by atoms with Crippen LogP contribution in [0.4, 0.5) is 11.4 Å². The van der Waals surface area contributed by atoms with Gasteiger partial charge in [-0.2, -0.15) is 0 Å². The Kier molecular flexibility index (Phi) is 4.22. The largest absolute Gasteiger partial charge is 0.368 e. The van der Waals surface area contributed by atoms with Gasteiger partial charge < -0.3 is 20.5 Å². The smallest absolute Gasteiger partial charge is 0.227 e. The van der Waals surface area contributed by atoms with Crippen LogP contribution in [-0.2, 0) is 4.79 Å². The lowest BCUT2D eigenvalue weighted by Gasteiger charge is -2.35. The number of amides is 1. The number of pyridine rings is 1. The first kappa shape index (κ1) is 15.9. The lowest BCUT2D eigenvalue weighted by molar-refractivity contribution is -0.117. The molecule has 0 bridgehead atoms. The van der Waals surface area contributed by atoms with Gasteiger partial charge in [-0.1, -0.05) is 0 Å². The molecule has 0 unspecified atom stereocenters. The van der Waals surface area contributed by atoms with Gasteiger partial charge in [-0.15, -0.1) is 0 Å². The third-order valence-electron chi connectivity index (χ3n) is 4.98. The van der Waals surface area contributed by atoms with Gasteiger partial charge in [-0.3, -0.25) is 4.79 Å². The number of hydrogen-bond acceptors (Lipinski definition) is 4. The summed E-state index contributed by atoms with van der Waals surface area (Å²) in [6.45, 7) is 1.96. The molecule has 1 saturated carbocycles. The van der Waals surface area contributed by atoms with E-state index in [0.717, 1.165) is 59.2 Å². The molecule has 1 atom stereocenters.